The van der Waals surface area contributed by atoms with Crippen molar-refractivity contribution in [3.8, 4) is 5.75 Å². The van der Waals surface area contributed by atoms with Crippen molar-refractivity contribution in [2.24, 2.45) is 0 Å². The van der Waals surface area contributed by atoms with Crippen LogP contribution in [-0.4, -0.2) is 61.0 Å². The van der Waals surface area contributed by atoms with Crippen molar-refractivity contribution in [3.63, 3.8) is 0 Å². The number of alkyl halides is 3. The number of halogens is 3. The van der Waals surface area contributed by atoms with Gasteiger partial charge in [-0.05, 0) is 95.3 Å². The second-order valence-electron chi connectivity index (χ2n) is 11.1. The molecule has 42 heavy (non-hydrogen) atoms. The number of hydrogen-bond donors (Lipinski definition) is 4. The maximum Gasteiger partial charge on any atom is 0.573 e. The van der Waals surface area contributed by atoms with E-state index >= 15 is 0 Å². The van der Waals surface area contributed by atoms with E-state index in [1.54, 1.807) is 24.3 Å². The summed E-state index contributed by atoms with van der Waals surface area (Å²) in [6, 6.07) is 9.51. The Bertz CT molecular complexity index is 1150. The van der Waals surface area contributed by atoms with E-state index in [0.717, 1.165) is 36.1 Å². The Hall–Kier alpha value is -3.31. The first-order valence-electron chi connectivity index (χ1n) is 14.4. The molecule has 2 aromatic rings. The van der Waals surface area contributed by atoms with Crippen molar-refractivity contribution in [3.05, 3.63) is 58.7 Å². The van der Waals surface area contributed by atoms with Gasteiger partial charge in [-0.1, -0.05) is 19.1 Å². The number of benzene rings is 2. The van der Waals surface area contributed by atoms with Crippen LogP contribution in [0.1, 0.15) is 74.5 Å². The number of ether oxygens (including phenoxy) is 1. The van der Waals surface area contributed by atoms with Gasteiger partial charge in [0, 0.05) is 55.6 Å². The molecule has 0 fully saturated rings. The average molecular weight is 594 g/mol. The van der Waals surface area contributed by atoms with Gasteiger partial charge in [-0.3, -0.25) is 9.69 Å². The summed E-state index contributed by atoms with van der Waals surface area (Å²) < 4.78 is 41.3. The van der Waals surface area contributed by atoms with Crippen LogP contribution in [-0.2, 0) is 6.54 Å². The third kappa shape index (κ3) is 11.5. The van der Waals surface area contributed by atoms with Crippen LogP contribution in [0.3, 0.4) is 0 Å². The van der Waals surface area contributed by atoms with Crippen LogP contribution in [0, 0.1) is 13.8 Å². The first kappa shape index (κ1) is 34.9. The molecule has 3 amide bonds. The molecule has 11 heteroatoms. The molecule has 0 aliphatic heterocycles. The van der Waals surface area contributed by atoms with Gasteiger partial charge in [-0.2, -0.15) is 0 Å². The lowest BCUT2D eigenvalue weighted by Crippen LogP contribution is -2.48. The molecule has 8 nitrogen and oxygen atoms in total. The fraction of sp³-hybridized carbons (Fsp3) is 0.548. The van der Waals surface area contributed by atoms with Gasteiger partial charge in [0.25, 0.3) is 5.91 Å². The number of hydrogen-bond acceptors (Lipinski definition) is 5. The first-order chi connectivity index (χ1) is 19.7. The number of urea groups is 1. The molecule has 2 rings (SSSR count). The van der Waals surface area contributed by atoms with Gasteiger partial charge in [0.15, 0.2) is 0 Å². The van der Waals surface area contributed by atoms with Crippen molar-refractivity contribution in [1.29, 1.82) is 0 Å². The SMILES string of the molecule is CCNC(=O)Nc1cc(C)c(C(=O)NCCC(C)(CC)NCCN(Cc2ccc(OC(F)(F)F)cc2)C(C)C)c(C)c1. The molecule has 0 aliphatic carbocycles. The fourth-order valence-corrected chi connectivity index (χ4v) is 4.71. The molecule has 0 radical (unpaired) electrons. The van der Waals surface area contributed by atoms with Gasteiger partial charge in [-0.25, -0.2) is 4.79 Å². The van der Waals surface area contributed by atoms with Crippen LogP contribution in [0.5, 0.6) is 5.75 Å². The lowest BCUT2D eigenvalue weighted by molar-refractivity contribution is -0.274. The standard InChI is InChI=1S/C31H46F3N5O3/c1-8-30(7,14-15-36-28(40)27-22(5)18-25(19-23(27)6)38-29(41)35-9-2)37-16-17-39(21(3)4)20-24-10-12-26(13-11-24)42-31(32,33)34/h10-13,18-19,21,37H,8-9,14-17,20H2,1-7H3,(H,36,40)(H2,35,38,41). The Labute approximate surface area is 247 Å². The molecule has 0 bridgehead atoms. The molecule has 0 aromatic heterocycles. The van der Waals surface area contributed by atoms with Crippen LogP contribution in [0.15, 0.2) is 36.4 Å². The zero-order chi connectivity index (χ0) is 31.5. The van der Waals surface area contributed by atoms with Gasteiger partial charge in [0.1, 0.15) is 5.75 Å². The average Bonchev–Trinajstić information content (AvgIpc) is 2.88. The maximum absolute atomic E-state index is 13.0. The third-order valence-electron chi connectivity index (χ3n) is 7.32. The van der Waals surface area contributed by atoms with Crippen LogP contribution < -0.4 is 26.0 Å². The number of rotatable bonds is 15. The monoisotopic (exact) mass is 593 g/mol. The minimum Gasteiger partial charge on any atom is -0.406 e. The highest BCUT2D eigenvalue weighted by atomic mass is 19.4. The molecule has 1 atom stereocenters. The molecule has 234 valence electrons. The van der Waals surface area contributed by atoms with Crippen LogP contribution >= 0.6 is 0 Å². The minimum absolute atomic E-state index is 0.148. The lowest BCUT2D eigenvalue weighted by Gasteiger charge is -2.33. The van der Waals surface area contributed by atoms with Crippen molar-refractivity contribution >= 4 is 17.6 Å². The number of nitrogens with zero attached hydrogens (tertiary/aromatic N) is 1. The van der Waals surface area contributed by atoms with E-state index in [0.29, 0.717) is 37.4 Å². The van der Waals surface area contributed by atoms with Crippen LogP contribution in [0.25, 0.3) is 0 Å². The quantitative estimate of drug-likeness (QED) is 0.199. The second-order valence-corrected chi connectivity index (χ2v) is 11.1. The molecule has 4 N–H and O–H groups in total. The molecule has 2 aromatic carbocycles. The van der Waals surface area contributed by atoms with Gasteiger partial charge in [0.2, 0.25) is 0 Å². The Morgan fingerprint density at radius 2 is 1.60 bits per heavy atom. The number of aryl methyl sites for hydroxylation is 2. The second kappa shape index (κ2) is 15.8. The highest BCUT2D eigenvalue weighted by Gasteiger charge is 2.31. The Morgan fingerprint density at radius 1 is 0.976 bits per heavy atom. The molecular formula is C31H46F3N5O3. The zero-order valence-electron chi connectivity index (χ0n) is 25.8. The lowest BCUT2D eigenvalue weighted by atomic mass is 9.94. The molecule has 0 spiro atoms. The molecule has 0 saturated heterocycles. The van der Waals surface area contributed by atoms with E-state index in [1.807, 2.05) is 20.8 Å². The molecule has 0 saturated carbocycles. The minimum atomic E-state index is -4.71. The van der Waals surface area contributed by atoms with Gasteiger partial charge < -0.3 is 26.0 Å². The summed E-state index contributed by atoms with van der Waals surface area (Å²) >= 11 is 0. The van der Waals surface area contributed by atoms with E-state index < -0.39 is 6.36 Å². The van der Waals surface area contributed by atoms with E-state index in [1.165, 1.54) is 12.1 Å². The normalized spacial score (nSPS) is 13.1. The van der Waals surface area contributed by atoms with Gasteiger partial charge in [-0.15, -0.1) is 13.2 Å². The van der Waals surface area contributed by atoms with E-state index in [-0.39, 0.29) is 29.3 Å². The highest BCUT2D eigenvalue weighted by molar-refractivity contribution is 5.98. The summed E-state index contributed by atoms with van der Waals surface area (Å²) in [6.45, 7) is 17.0. The number of carbonyl (C=O) groups excluding carboxylic acids is 2. The van der Waals surface area contributed by atoms with E-state index in [9.17, 15) is 22.8 Å². The summed E-state index contributed by atoms with van der Waals surface area (Å²) in [6.07, 6.45) is -3.11. The predicted molar refractivity (Wildman–Crippen MR) is 161 cm³/mol. The van der Waals surface area contributed by atoms with Crippen molar-refractivity contribution in [2.45, 2.75) is 85.8 Å². The number of carbonyl (C=O) groups is 2. The van der Waals surface area contributed by atoms with Crippen molar-refractivity contribution in [2.75, 3.05) is 31.5 Å². The molecule has 0 aliphatic rings. The summed E-state index contributed by atoms with van der Waals surface area (Å²) in [7, 11) is 0. The Balaban J connectivity index is 1.89. The molecule has 0 heterocycles. The summed E-state index contributed by atoms with van der Waals surface area (Å²) in [5.74, 6) is -0.378. The van der Waals surface area contributed by atoms with Crippen molar-refractivity contribution < 1.29 is 27.5 Å². The Morgan fingerprint density at radius 3 is 2.12 bits per heavy atom. The van der Waals surface area contributed by atoms with Crippen LogP contribution in [0.4, 0.5) is 23.7 Å². The predicted octanol–water partition coefficient (Wildman–Crippen LogP) is 6.13. The molecule has 1 unspecified atom stereocenters. The number of anilines is 1. The zero-order valence-corrected chi connectivity index (χ0v) is 25.8. The largest absolute Gasteiger partial charge is 0.573 e. The third-order valence-corrected chi connectivity index (χ3v) is 7.32. The van der Waals surface area contributed by atoms with Crippen molar-refractivity contribution in [1.82, 2.24) is 20.9 Å². The number of amides is 3. The summed E-state index contributed by atoms with van der Waals surface area (Å²) in [5, 5.41) is 12.2. The smallest absolute Gasteiger partial charge is 0.406 e. The van der Waals surface area contributed by atoms with E-state index in [2.05, 4.69) is 58.6 Å². The number of nitrogens with one attached hydrogen (secondary N) is 4. The topological polar surface area (TPSA) is 94.7 Å². The maximum atomic E-state index is 13.0. The fourth-order valence-electron chi connectivity index (χ4n) is 4.71. The Kier molecular flexibility index (Phi) is 13.1. The summed E-state index contributed by atoms with van der Waals surface area (Å²) in [5.41, 5.74) is 3.51. The van der Waals surface area contributed by atoms with Gasteiger partial charge >= 0.3 is 12.4 Å². The van der Waals surface area contributed by atoms with Crippen LogP contribution in [0.2, 0.25) is 0 Å². The summed E-state index contributed by atoms with van der Waals surface area (Å²) in [4.78, 5) is 27.1. The molecular weight excluding hydrogens is 547 g/mol. The first-order valence-corrected chi connectivity index (χ1v) is 14.4. The van der Waals surface area contributed by atoms with Gasteiger partial charge in [0.05, 0.1) is 0 Å². The van der Waals surface area contributed by atoms with E-state index in [4.69, 9.17) is 0 Å². The highest BCUT2D eigenvalue weighted by Crippen LogP contribution is 2.24.